The van der Waals surface area contributed by atoms with Crippen LogP contribution >= 0.6 is 0 Å². The molecule has 0 aliphatic carbocycles. The second-order valence-electron chi connectivity index (χ2n) is 5.25. The van der Waals surface area contributed by atoms with Gasteiger partial charge in [-0.1, -0.05) is 12.1 Å². The Morgan fingerprint density at radius 1 is 1.38 bits per heavy atom. The summed E-state index contributed by atoms with van der Waals surface area (Å²) in [4.78, 5) is 22.9. The van der Waals surface area contributed by atoms with Crippen LogP contribution < -0.4 is 4.90 Å². The lowest BCUT2D eigenvalue weighted by Crippen LogP contribution is -2.40. The summed E-state index contributed by atoms with van der Waals surface area (Å²) in [5.74, 6) is 0.752. The van der Waals surface area contributed by atoms with Crippen LogP contribution in [0.1, 0.15) is 19.8 Å². The van der Waals surface area contributed by atoms with Crippen LogP contribution in [0.25, 0.3) is 10.9 Å². The summed E-state index contributed by atoms with van der Waals surface area (Å²) in [6.45, 7) is 3.86. The van der Waals surface area contributed by atoms with Gasteiger partial charge in [0.1, 0.15) is 12.1 Å². The van der Waals surface area contributed by atoms with E-state index in [0.29, 0.717) is 13.2 Å². The van der Waals surface area contributed by atoms with Gasteiger partial charge in [-0.25, -0.2) is 9.97 Å². The Kier molecular flexibility index (Phi) is 3.99. The minimum Gasteiger partial charge on any atom is -0.466 e. The molecule has 0 radical (unpaired) electrons. The molecular formula is C16H19N3O2. The number of esters is 1. The van der Waals surface area contributed by atoms with E-state index < -0.39 is 0 Å². The maximum Gasteiger partial charge on any atom is 0.310 e. The standard InChI is InChI=1S/C16H19N3O2/c1-2-21-16(20)12-6-5-9-19(10-12)15-13-7-3-4-8-14(13)17-11-18-15/h3-4,7-8,11-12H,2,5-6,9-10H2,1H3/t12-/m1/s1. The summed E-state index contributed by atoms with van der Waals surface area (Å²) in [7, 11) is 0. The number of piperidine rings is 1. The first kappa shape index (κ1) is 13.8. The Morgan fingerprint density at radius 2 is 2.24 bits per heavy atom. The number of nitrogens with zero attached hydrogens (tertiary/aromatic N) is 3. The fourth-order valence-electron chi connectivity index (χ4n) is 2.86. The van der Waals surface area contributed by atoms with Crippen molar-refractivity contribution >= 4 is 22.7 Å². The molecule has 1 aromatic heterocycles. The number of carbonyl (C=O) groups excluding carboxylic acids is 1. The first-order valence-corrected chi connectivity index (χ1v) is 7.41. The monoisotopic (exact) mass is 285 g/mol. The highest BCUT2D eigenvalue weighted by Gasteiger charge is 2.28. The SMILES string of the molecule is CCOC(=O)[C@@H]1CCCN(c2ncnc3ccccc23)C1. The second kappa shape index (κ2) is 6.08. The molecule has 1 saturated heterocycles. The maximum atomic E-state index is 12.0. The predicted octanol–water partition coefficient (Wildman–Crippen LogP) is 2.41. The lowest BCUT2D eigenvalue weighted by molar-refractivity contribution is -0.148. The summed E-state index contributed by atoms with van der Waals surface area (Å²) in [5, 5.41) is 1.03. The minimum absolute atomic E-state index is 0.0626. The van der Waals surface area contributed by atoms with Crippen molar-refractivity contribution in [2.75, 3.05) is 24.6 Å². The van der Waals surface area contributed by atoms with Crippen LogP contribution in [0.5, 0.6) is 0 Å². The molecule has 5 nitrogen and oxygen atoms in total. The minimum atomic E-state index is -0.0967. The highest BCUT2D eigenvalue weighted by atomic mass is 16.5. The Balaban J connectivity index is 1.87. The third-order valence-electron chi connectivity index (χ3n) is 3.86. The highest BCUT2D eigenvalue weighted by molar-refractivity contribution is 5.89. The van der Waals surface area contributed by atoms with Crippen LogP contribution in [-0.4, -0.2) is 35.6 Å². The summed E-state index contributed by atoms with van der Waals surface area (Å²) in [5.41, 5.74) is 0.931. The third-order valence-corrected chi connectivity index (χ3v) is 3.86. The number of benzene rings is 1. The topological polar surface area (TPSA) is 55.3 Å². The maximum absolute atomic E-state index is 12.0. The number of hydrogen-bond acceptors (Lipinski definition) is 5. The molecule has 5 heteroatoms. The fraction of sp³-hybridized carbons (Fsp3) is 0.438. The second-order valence-corrected chi connectivity index (χ2v) is 5.25. The zero-order chi connectivity index (χ0) is 14.7. The third kappa shape index (κ3) is 2.82. The van der Waals surface area contributed by atoms with Crippen molar-refractivity contribution in [3.63, 3.8) is 0 Å². The molecule has 0 N–H and O–H groups in total. The van der Waals surface area contributed by atoms with E-state index in [0.717, 1.165) is 36.1 Å². The highest BCUT2D eigenvalue weighted by Crippen LogP contribution is 2.27. The van der Waals surface area contributed by atoms with Crippen molar-refractivity contribution in [2.24, 2.45) is 5.92 Å². The Bertz CT molecular complexity index is 639. The van der Waals surface area contributed by atoms with E-state index in [1.54, 1.807) is 6.33 Å². The Labute approximate surface area is 124 Å². The van der Waals surface area contributed by atoms with Gasteiger partial charge in [-0.2, -0.15) is 0 Å². The number of rotatable bonds is 3. The number of fused-ring (bicyclic) bond motifs is 1. The lowest BCUT2D eigenvalue weighted by atomic mass is 9.98. The summed E-state index contributed by atoms with van der Waals surface area (Å²) in [6, 6.07) is 7.96. The van der Waals surface area contributed by atoms with Crippen molar-refractivity contribution in [3.05, 3.63) is 30.6 Å². The average Bonchev–Trinajstić information content (AvgIpc) is 2.55. The molecule has 1 fully saturated rings. The first-order valence-electron chi connectivity index (χ1n) is 7.41. The number of para-hydroxylation sites is 1. The molecule has 1 aliphatic rings. The van der Waals surface area contributed by atoms with Gasteiger partial charge in [-0.3, -0.25) is 4.79 Å². The fourth-order valence-corrected chi connectivity index (χ4v) is 2.86. The number of aromatic nitrogens is 2. The number of hydrogen-bond donors (Lipinski definition) is 0. The molecule has 1 aliphatic heterocycles. The van der Waals surface area contributed by atoms with Crippen LogP contribution in [-0.2, 0) is 9.53 Å². The van der Waals surface area contributed by atoms with E-state index in [2.05, 4.69) is 14.9 Å². The van der Waals surface area contributed by atoms with E-state index >= 15 is 0 Å². The smallest absolute Gasteiger partial charge is 0.310 e. The number of anilines is 1. The van der Waals surface area contributed by atoms with E-state index in [-0.39, 0.29) is 11.9 Å². The van der Waals surface area contributed by atoms with Gasteiger partial charge >= 0.3 is 5.97 Å². The zero-order valence-corrected chi connectivity index (χ0v) is 12.2. The molecule has 21 heavy (non-hydrogen) atoms. The van der Waals surface area contributed by atoms with Crippen molar-refractivity contribution in [3.8, 4) is 0 Å². The van der Waals surface area contributed by atoms with Gasteiger partial charge in [-0.15, -0.1) is 0 Å². The number of ether oxygens (including phenoxy) is 1. The van der Waals surface area contributed by atoms with Crippen molar-refractivity contribution in [1.82, 2.24) is 9.97 Å². The molecule has 110 valence electrons. The van der Waals surface area contributed by atoms with Crippen LogP contribution in [0.4, 0.5) is 5.82 Å². The largest absolute Gasteiger partial charge is 0.466 e. The lowest BCUT2D eigenvalue weighted by Gasteiger charge is -2.32. The van der Waals surface area contributed by atoms with Crippen LogP contribution in [0.3, 0.4) is 0 Å². The van der Waals surface area contributed by atoms with Crippen LogP contribution in [0.2, 0.25) is 0 Å². The quantitative estimate of drug-likeness (QED) is 0.811. The first-order chi connectivity index (χ1) is 10.3. The van der Waals surface area contributed by atoms with Gasteiger partial charge in [0.15, 0.2) is 0 Å². The summed E-state index contributed by atoms with van der Waals surface area (Å²) >= 11 is 0. The van der Waals surface area contributed by atoms with Gasteiger partial charge in [0.05, 0.1) is 18.0 Å². The van der Waals surface area contributed by atoms with E-state index in [1.807, 2.05) is 31.2 Å². The molecule has 0 spiro atoms. The molecule has 0 bridgehead atoms. The molecule has 2 aromatic rings. The molecule has 0 unspecified atom stereocenters. The molecule has 1 atom stereocenters. The molecule has 0 amide bonds. The Hall–Kier alpha value is -2.17. The molecule has 2 heterocycles. The zero-order valence-electron chi connectivity index (χ0n) is 12.2. The normalized spacial score (nSPS) is 18.7. The van der Waals surface area contributed by atoms with E-state index in [9.17, 15) is 4.79 Å². The van der Waals surface area contributed by atoms with Gasteiger partial charge < -0.3 is 9.64 Å². The summed E-state index contributed by atoms with van der Waals surface area (Å²) in [6.07, 6.45) is 3.45. The Morgan fingerprint density at radius 3 is 3.10 bits per heavy atom. The molecule has 3 rings (SSSR count). The van der Waals surface area contributed by atoms with Gasteiger partial charge in [0.2, 0.25) is 0 Å². The van der Waals surface area contributed by atoms with Crippen LogP contribution in [0, 0.1) is 5.92 Å². The van der Waals surface area contributed by atoms with E-state index in [4.69, 9.17) is 4.74 Å². The van der Waals surface area contributed by atoms with E-state index in [1.165, 1.54) is 0 Å². The van der Waals surface area contributed by atoms with Crippen LogP contribution in [0.15, 0.2) is 30.6 Å². The molecular weight excluding hydrogens is 266 g/mol. The summed E-state index contributed by atoms with van der Waals surface area (Å²) < 4.78 is 5.15. The molecule has 0 saturated carbocycles. The average molecular weight is 285 g/mol. The van der Waals surface area contributed by atoms with Gasteiger partial charge in [0, 0.05) is 18.5 Å². The number of carbonyl (C=O) groups is 1. The van der Waals surface area contributed by atoms with Crippen molar-refractivity contribution in [2.45, 2.75) is 19.8 Å². The molecule has 1 aromatic carbocycles. The predicted molar refractivity (Wildman–Crippen MR) is 81.1 cm³/mol. The van der Waals surface area contributed by atoms with Gasteiger partial charge in [-0.05, 0) is 31.9 Å². The van der Waals surface area contributed by atoms with Crippen molar-refractivity contribution < 1.29 is 9.53 Å². The van der Waals surface area contributed by atoms with Gasteiger partial charge in [0.25, 0.3) is 0 Å². The van der Waals surface area contributed by atoms with Crippen molar-refractivity contribution in [1.29, 1.82) is 0 Å².